The van der Waals surface area contributed by atoms with Crippen LogP contribution >= 0.6 is 15.9 Å². The Morgan fingerprint density at radius 3 is 2.00 bits per heavy atom. The second kappa shape index (κ2) is 8.87. The van der Waals surface area contributed by atoms with E-state index < -0.39 is 0 Å². The maximum atomic E-state index is 3.15. The smallest absolute Gasteiger partial charge is 1.00 e. The molecule has 0 radical (unpaired) electrons. The van der Waals surface area contributed by atoms with Gasteiger partial charge < -0.3 is 2.85 Å². The molecule has 0 atom stereocenters. The van der Waals surface area contributed by atoms with Crippen LogP contribution in [0.15, 0.2) is 0 Å². The van der Waals surface area contributed by atoms with E-state index in [9.17, 15) is 0 Å². The molecule has 0 heterocycles. The van der Waals surface area contributed by atoms with Crippen molar-refractivity contribution in [1.29, 1.82) is 0 Å². The zero-order chi connectivity index (χ0) is 2.71. The van der Waals surface area contributed by atoms with Crippen molar-refractivity contribution in [2.75, 3.05) is 5.33 Å². The third-order valence-corrected chi connectivity index (χ3v) is 0. The predicted octanol–water partition coefficient (Wildman–Crippen LogP) is 1.25. The molecule has 0 rings (SSSR count). The van der Waals surface area contributed by atoms with E-state index in [1.807, 2.05) is 6.92 Å². The van der Waals surface area contributed by atoms with Crippen LogP contribution in [-0.4, -0.2) is 28.4 Å². The van der Waals surface area contributed by atoms with E-state index in [1.54, 1.807) is 0 Å². The second-order valence-corrected chi connectivity index (χ2v) is 1.39. The first-order valence-corrected chi connectivity index (χ1v) is 2.10. The van der Waals surface area contributed by atoms with E-state index in [0.717, 1.165) is 5.33 Å². The quantitative estimate of drug-likeness (QED) is 0.346. The van der Waals surface area contributed by atoms with Gasteiger partial charge in [0.25, 0.3) is 0 Å². The van der Waals surface area contributed by atoms with E-state index in [4.69, 9.17) is 0 Å². The number of alkyl halides is 1. The molecule has 0 amide bonds. The summed E-state index contributed by atoms with van der Waals surface area (Å²) >= 11 is 3.15. The van der Waals surface area contributed by atoms with Gasteiger partial charge in [-0.1, -0.05) is 22.9 Å². The Hall–Kier alpha value is 1.25. The molecule has 0 saturated heterocycles. The van der Waals surface area contributed by atoms with Gasteiger partial charge in [-0.2, -0.15) is 0 Å². The van der Waals surface area contributed by atoms with Crippen molar-refractivity contribution in [2.24, 2.45) is 0 Å². The Kier molecular flexibility index (Phi) is 19.9. The Balaban J connectivity index is -0.00000000667. The minimum Gasteiger partial charge on any atom is -1.00 e. The average Bonchev–Trinajstić information content (AvgIpc) is 0.918. The van der Waals surface area contributed by atoms with Crippen molar-refractivity contribution in [3.63, 3.8) is 0 Å². The van der Waals surface area contributed by atoms with E-state index >= 15 is 0 Å². The molecule has 0 aromatic heterocycles. The number of rotatable bonds is 0. The van der Waals surface area contributed by atoms with Crippen LogP contribution in [0.2, 0.25) is 0 Å². The maximum Gasteiger partial charge on any atom is 2.00 e. The molecule has 0 aliphatic rings. The summed E-state index contributed by atoms with van der Waals surface area (Å²) in [5, 5.41) is 1.06. The van der Waals surface area contributed by atoms with Gasteiger partial charge in [0.1, 0.15) is 0 Å². The average molecular weight is 135 g/mol. The molecule has 0 aromatic rings. The summed E-state index contributed by atoms with van der Waals surface area (Å²) in [6.45, 7) is 2.04. The molecule has 0 fully saturated rings. The minimum absolute atomic E-state index is 0. The second-order valence-electron chi connectivity index (χ2n) is 0.267. The van der Waals surface area contributed by atoms with Gasteiger partial charge >= 0.3 is 23.1 Å². The van der Waals surface area contributed by atoms with E-state index in [0.29, 0.717) is 0 Å². The normalized spacial score (nSPS) is 4.50. The number of halogens is 1. The van der Waals surface area contributed by atoms with Gasteiger partial charge in [0, 0.05) is 5.33 Å². The van der Waals surface area contributed by atoms with Crippen LogP contribution in [0.3, 0.4) is 0 Å². The summed E-state index contributed by atoms with van der Waals surface area (Å²) in [5.41, 5.74) is 0. The standard InChI is InChI=1S/C2H5Br.Mg.2H/c1-2-3;;;/h2H2,1H3;;;/q;+2;2*-1. The van der Waals surface area contributed by atoms with Crippen molar-refractivity contribution in [3.8, 4) is 0 Å². The zero-order valence-corrected chi connectivity index (χ0v) is 5.79. The topological polar surface area (TPSA) is 0 Å². The van der Waals surface area contributed by atoms with Crippen molar-refractivity contribution >= 4 is 39.0 Å². The van der Waals surface area contributed by atoms with Crippen LogP contribution in [0.1, 0.15) is 9.78 Å². The van der Waals surface area contributed by atoms with Crippen molar-refractivity contribution in [1.82, 2.24) is 0 Å². The van der Waals surface area contributed by atoms with Gasteiger partial charge in [-0.3, -0.25) is 0 Å². The SMILES string of the molecule is CCBr.[H-].[H-].[Mg+2]. The van der Waals surface area contributed by atoms with Gasteiger partial charge in [-0.25, -0.2) is 0 Å². The molecule has 0 unspecified atom stereocenters. The molecule has 0 aliphatic carbocycles. The monoisotopic (exact) mass is 134 g/mol. The summed E-state index contributed by atoms with van der Waals surface area (Å²) in [4.78, 5) is 0. The predicted molar refractivity (Wildman–Crippen MR) is 27.4 cm³/mol. The summed E-state index contributed by atoms with van der Waals surface area (Å²) in [5.74, 6) is 0. The Morgan fingerprint density at radius 1 is 2.00 bits per heavy atom. The Bertz CT molecular complexity index is 11.5. The molecule has 0 bridgehead atoms. The molecule has 0 saturated carbocycles. The summed E-state index contributed by atoms with van der Waals surface area (Å²) < 4.78 is 0. The molecule has 0 spiro atoms. The first-order chi connectivity index (χ1) is 1.41. The van der Waals surface area contributed by atoms with Crippen LogP contribution in [-0.2, 0) is 0 Å². The molecule has 0 N–H and O–H groups in total. The van der Waals surface area contributed by atoms with Crippen molar-refractivity contribution < 1.29 is 2.85 Å². The molecular formula is C2H7BrMg. The van der Waals surface area contributed by atoms with Crippen molar-refractivity contribution in [3.05, 3.63) is 0 Å². The molecule has 24 valence electrons. The summed E-state index contributed by atoms with van der Waals surface area (Å²) in [7, 11) is 0. The maximum absolute atomic E-state index is 3.15. The number of hydrogen-bond donors (Lipinski definition) is 0. The fourth-order valence-corrected chi connectivity index (χ4v) is 0. The van der Waals surface area contributed by atoms with Gasteiger partial charge in [0.05, 0.1) is 0 Å². The van der Waals surface area contributed by atoms with Crippen LogP contribution in [0.4, 0.5) is 0 Å². The Labute approximate surface area is 54.2 Å². The fraction of sp³-hybridized carbons (Fsp3) is 1.00. The molecular weight excluding hydrogens is 128 g/mol. The third kappa shape index (κ3) is 10.5. The van der Waals surface area contributed by atoms with Crippen LogP contribution in [0.5, 0.6) is 0 Å². The molecule has 2 heteroatoms. The Morgan fingerprint density at radius 2 is 2.00 bits per heavy atom. The van der Waals surface area contributed by atoms with Crippen LogP contribution in [0.25, 0.3) is 0 Å². The fourth-order valence-electron chi connectivity index (χ4n) is 0. The van der Waals surface area contributed by atoms with Crippen LogP contribution in [0, 0.1) is 0 Å². The van der Waals surface area contributed by atoms with Crippen LogP contribution < -0.4 is 0 Å². The van der Waals surface area contributed by atoms with E-state index in [-0.39, 0.29) is 25.9 Å². The first-order valence-electron chi connectivity index (χ1n) is 0.974. The van der Waals surface area contributed by atoms with E-state index in [1.165, 1.54) is 0 Å². The molecule has 0 aromatic carbocycles. The zero-order valence-electron chi connectivity index (χ0n) is 4.79. The summed E-state index contributed by atoms with van der Waals surface area (Å²) in [6.07, 6.45) is 0. The first kappa shape index (κ1) is 8.98. The number of hydrogen-bond acceptors (Lipinski definition) is 0. The molecule has 0 nitrogen and oxygen atoms in total. The largest absolute Gasteiger partial charge is 2.00 e. The molecule has 4 heavy (non-hydrogen) atoms. The van der Waals surface area contributed by atoms with Gasteiger partial charge in [0.15, 0.2) is 0 Å². The minimum atomic E-state index is 0. The van der Waals surface area contributed by atoms with E-state index in [2.05, 4.69) is 15.9 Å². The van der Waals surface area contributed by atoms with Gasteiger partial charge in [-0.05, 0) is 0 Å². The van der Waals surface area contributed by atoms with Crippen molar-refractivity contribution in [2.45, 2.75) is 6.92 Å². The molecule has 0 aliphatic heterocycles. The van der Waals surface area contributed by atoms with Gasteiger partial charge in [-0.15, -0.1) is 0 Å². The summed E-state index contributed by atoms with van der Waals surface area (Å²) in [6, 6.07) is 0. The van der Waals surface area contributed by atoms with Gasteiger partial charge in [0.2, 0.25) is 0 Å². The third-order valence-electron chi connectivity index (χ3n) is 0.